The van der Waals surface area contributed by atoms with E-state index in [2.05, 4.69) is 11.4 Å². The number of hydrogen-bond acceptors (Lipinski definition) is 3. The summed E-state index contributed by atoms with van der Waals surface area (Å²) in [5, 5.41) is 11.7. The third kappa shape index (κ3) is 4.52. The second-order valence-corrected chi connectivity index (χ2v) is 5.34. The molecule has 90 valence electrons. The zero-order valence-electron chi connectivity index (χ0n) is 10.2. The van der Waals surface area contributed by atoms with Crippen LogP contribution in [-0.4, -0.2) is 17.7 Å². The third-order valence-corrected chi connectivity index (χ3v) is 2.58. The Kier molecular flexibility index (Phi) is 4.17. The molecule has 4 heteroatoms. The molecule has 0 spiro atoms. The largest absolute Gasteiger partial charge is 0.444 e. The number of amides is 1. The van der Waals surface area contributed by atoms with Crippen molar-refractivity contribution in [2.75, 3.05) is 0 Å². The molecule has 0 aromatic heterocycles. The minimum absolute atomic E-state index is 0.0775. The number of nitrogens with zero attached hydrogens (tertiary/aromatic N) is 1. The molecular formula is C12H20N2O2. The lowest BCUT2D eigenvalue weighted by atomic mass is 9.87. The van der Waals surface area contributed by atoms with Crippen LogP contribution in [0.1, 0.15) is 46.5 Å². The predicted octanol–water partition coefficient (Wildman–Crippen LogP) is 2.59. The highest BCUT2D eigenvalue weighted by atomic mass is 16.6. The highest BCUT2D eigenvalue weighted by molar-refractivity contribution is 5.68. The average Bonchev–Trinajstić information content (AvgIpc) is 2.15. The van der Waals surface area contributed by atoms with Crippen LogP contribution in [0.15, 0.2) is 0 Å². The summed E-state index contributed by atoms with van der Waals surface area (Å²) in [7, 11) is 0. The highest BCUT2D eigenvalue weighted by Gasteiger charge is 2.25. The number of carbonyl (C=O) groups is 1. The van der Waals surface area contributed by atoms with Crippen LogP contribution in [0.3, 0.4) is 0 Å². The molecule has 1 fully saturated rings. The Morgan fingerprint density at radius 1 is 1.44 bits per heavy atom. The Labute approximate surface area is 97.0 Å². The summed E-state index contributed by atoms with van der Waals surface area (Å²) in [6, 6.07) is 2.35. The van der Waals surface area contributed by atoms with Gasteiger partial charge in [0.25, 0.3) is 0 Å². The Morgan fingerprint density at radius 3 is 2.69 bits per heavy atom. The standard InChI is InChI=1S/C12H20N2O2/c1-12(2,3)16-11(15)14-10-6-4-5-9(7-10)8-13/h9-10H,4-7H2,1-3H3,(H,14,15)/t9-,10-/m0/s1. The number of hydrogen-bond donors (Lipinski definition) is 1. The number of carbonyl (C=O) groups excluding carboxylic acids is 1. The molecule has 0 bridgehead atoms. The van der Waals surface area contributed by atoms with Crippen LogP contribution in [0.5, 0.6) is 0 Å². The van der Waals surface area contributed by atoms with Gasteiger partial charge in [0.05, 0.1) is 6.07 Å². The summed E-state index contributed by atoms with van der Waals surface area (Å²) in [5.74, 6) is 0.0775. The van der Waals surface area contributed by atoms with Crippen molar-refractivity contribution in [3.8, 4) is 6.07 Å². The van der Waals surface area contributed by atoms with Crippen LogP contribution in [-0.2, 0) is 4.74 Å². The maximum Gasteiger partial charge on any atom is 0.407 e. The molecule has 1 amide bonds. The van der Waals surface area contributed by atoms with E-state index in [1.807, 2.05) is 20.8 Å². The zero-order valence-corrected chi connectivity index (χ0v) is 10.2. The molecule has 2 atom stereocenters. The van der Waals surface area contributed by atoms with Crippen molar-refractivity contribution in [2.24, 2.45) is 5.92 Å². The summed E-state index contributed by atoms with van der Waals surface area (Å²) in [4.78, 5) is 11.5. The molecule has 0 aromatic rings. The molecule has 16 heavy (non-hydrogen) atoms. The molecule has 1 saturated carbocycles. The van der Waals surface area contributed by atoms with Gasteiger partial charge < -0.3 is 10.1 Å². The highest BCUT2D eigenvalue weighted by Crippen LogP contribution is 2.23. The van der Waals surface area contributed by atoms with Crippen LogP contribution in [0.4, 0.5) is 4.79 Å². The Hall–Kier alpha value is -1.24. The van der Waals surface area contributed by atoms with Crippen molar-refractivity contribution in [1.29, 1.82) is 5.26 Å². The van der Waals surface area contributed by atoms with Gasteiger partial charge in [0.2, 0.25) is 0 Å². The fourth-order valence-corrected chi connectivity index (χ4v) is 1.91. The van der Waals surface area contributed by atoms with Gasteiger partial charge in [0, 0.05) is 12.0 Å². The van der Waals surface area contributed by atoms with E-state index in [0.717, 1.165) is 25.7 Å². The van der Waals surface area contributed by atoms with E-state index >= 15 is 0 Å². The maximum atomic E-state index is 11.5. The van der Waals surface area contributed by atoms with Crippen LogP contribution < -0.4 is 5.32 Å². The second kappa shape index (κ2) is 5.20. The van der Waals surface area contributed by atoms with Gasteiger partial charge >= 0.3 is 6.09 Å². The van der Waals surface area contributed by atoms with Gasteiger partial charge in [-0.15, -0.1) is 0 Å². The first-order chi connectivity index (χ1) is 7.40. The van der Waals surface area contributed by atoms with Crippen LogP contribution in [0.25, 0.3) is 0 Å². The number of ether oxygens (including phenoxy) is 1. The van der Waals surface area contributed by atoms with Gasteiger partial charge in [-0.2, -0.15) is 5.26 Å². The van der Waals surface area contributed by atoms with Gasteiger partial charge in [-0.05, 0) is 40.0 Å². The molecule has 1 aliphatic rings. The summed E-state index contributed by atoms with van der Waals surface area (Å²) < 4.78 is 5.18. The third-order valence-electron chi connectivity index (χ3n) is 2.58. The first kappa shape index (κ1) is 12.8. The van der Waals surface area contributed by atoms with E-state index in [9.17, 15) is 4.79 Å². The minimum Gasteiger partial charge on any atom is -0.444 e. The van der Waals surface area contributed by atoms with E-state index in [0.29, 0.717) is 0 Å². The van der Waals surface area contributed by atoms with Gasteiger partial charge in [-0.1, -0.05) is 6.42 Å². The van der Waals surface area contributed by atoms with E-state index in [1.54, 1.807) is 0 Å². The number of rotatable bonds is 1. The van der Waals surface area contributed by atoms with Crippen molar-refractivity contribution in [3.63, 3.8) is 0 Å². The zero-order chi connectivity index (χ0) is 12.2. The molecule has 0 radical (unpaired) electrons. The maximum absolute atomic E-state index is 11.5. The molecule has 1 N–H and O–H groups in total. The Balaban J connectivity index is 2.37. The van der Waals surface area contributed by atoms with Crippen molar-refractivity contribution >= 4 is 6.09 Å². The van der Waals surface area contributed by atoms with E-state index in [1.165, 1.54) is 0 Å². The lowest BCUT2D eigenvalue weighted by molar-refractivity contribution is 0.0489. The molecule has 1 aliphatic carbocycles. The number of alkyl carbamates (subject to hydrolysis) is 1. The quantitative estimate of drug-likeness (QED) is 0.744. The monoisotopic (exact) mass is 224 g/mol. The fourth-order valence-electron chi connectivity index (χ4n) is 1.91. The smallest absolute Gasteiger partial charge is 0.407 e. The second-order valence-electron chi connectivity index (χ2n) is 5.34. The van der Waals surface area contributed by atoms with Gasteiger partial charge in [-0.3, -0.25) is 0 Å². The van der Waals surface area contributed by atoms with Gasteiger partial charge in [0.15, 0.2) is 0 Å². The summed E-state index contributed by atoms with van der Waals surface area (Å²) >= 11 is 0. The molecule has 0 aromatic carbocycles. The SMILES string of the molecule is CC(C)(C)OC(=O)N[C@H]1CCC[C@H](C#N)C1. The van der Waals surface area contributed by atoms with E-state index in [-0.39, 0.29) is 18.1 Å². The molecule has 0 saturated heterocycles. The lowest BCUT2D eigenvalue weighted by Crippen LogP contribution is -2.41. The van der Waals surface area contributed by atoms with Crippen molar-refractivity contribution in [3.05, 3.63) is 0 Å². The first-order valence-corrected chi connectivity index (χ1v) is 5.80. The summed E-state index contributed by atoms with van der Waals surface area (Å²) in [6.07, 6.45) is 3.26. The summed E-state index contributed by atoms with van der Waals surface area (Å²) in [5.41, 5.74) is -0.465. The van der Waals surface area contributed by atoms with Crippen molar-refractivity contribution < 1.29 is 9.53 Å². The van der Waals surface area contributed by atoms with Crippen LogP contribution >= 0.6 is 0 Å². The average molecular weight is 224 g/mol. The Morgan fingerprint density at radius 2 is 2.12 bits per heavy atom. The number of nitriles is 1. The van der Waals surface area contributed by atoms with Gasteiger partial charge in [0.1, 0.15) is 5.60 Å². The van der Waals surface area contributed by atoms with E-state index in [4.69, 9.17) is 10.00 Å². The first-order valence-electron chi connectivity index (χ1n) is 5.80. The van der Waals surface area contributed by atoms with Gasteiger partial charge in [-0.25, -0.2) is 4.79 Å². The summed E-state index contributed by atoms with van der Waals surface area (Å²) in [6.45, 7) is 5.52. The molecular weight excluding hydrogens is 204 g/mol. The molecule has 0 heterocycles. The topological polar surface area (TPSA) is 62.1 Å². The molecule has 0 unspecified atom stereocenters. The number of nitrogens with one attached hydrogen (secondary N) is 1. The van der Waals surface area contributed by atoms with E-state index < -0.39 is 5.60 Å². The lowest BCUT2D eigenvalue weighted by Gasteiger charge is -2.27. The molecule has 0 aliphatic heterocycles. The minimum atomic E-state index is -0.465. The normalized spacial score (nSPS) is 25.6. The predicted molar refractivity (Wildman–Crippen MR) is 60.7 cm³/mol. The molecule has 4 nitrogen and oxygen atoms in total. The Bertz CT molecular complexity index is 288. The van der Waals surface area contributed by atoms with Crippen LogP contribution in [0, 0.1) is 17.2 Å². The van der Waals surface area contributed by atoms with Crippen molar-refractivity contribution in [2.45, 2.75) is 58.1 Å². The van der Waals surface area contributed by atoms with Crippen molar-refractivity contribution in [1.82, 2.24) is 5.32 Å². The molecule has 1 rings (SSSR count). The fraction of sp³-hybridized carbons (Fsp3) is 0.833. The van der Waals surface area contributed by atoms with Crippen LogP contribution in [0.2, 0.25) is 0 Å².